The summed E-state index contributed by atoms with van der Waals surface area (Å²) >= 11 is 0. The summed E-state index contributed by atoms with van der Waals surface area (Å²) in [5, 5.41) is 2.76. The van der Waals surface area contributed by atoms with Gasteiger partial charge in [-0.3, -0.25) is 14.6 Å². The highest BCUT2D eigenvalue weighted by atomic mass is 32.2. The lowest BCUT2D eigenvalue weighted by Gasteiger charge is -2.26. The van der Waals surface area contributed by atoms with Gasteiger partial charge in [-0.2, -0.15) is 0 Å². The largest absolute Gasteiger partial charge is 0.350 e. The maximum absolute atomic E-state index is 12.7. The molecule has 1 aromatic rings. The Labute approximate surface area is 142 Å². The zero-order valence-corrected chi connectivity index (χ0v) is 15.0. The quantitative estimate of drug-likeness (QED) is 0.847. The van der Waals surface area contributed by atoms with Crippen molar-refractivity contribution in [2.75, 3.05) is 18.1 Å². The van der Waals surface area contributed by atoms with Crippen molar-refractivity contribution < 1.29 is 18.0 Å². The number of amides is 2. The van der Waals surface area contributed by atoms with Gasteiger partial charge in [-0.15, -0.1) is 0 Å². The fourth-order valence-electron chi connectivity index (χ4n) is 2.77. The molecule has 0 saturated carbocycles. The van der Waals surface area contributed by atoms with Crippen molar-refractivity contribution in [2.24, 2.45) is 0 Å². The van der Waals surface area contributed by atoms with Crippen molar-refractivity contribution in [1.29, 1.82) is 0 Å². The van der Waals surface area contributed by atoms with E-state index >= 15 is 0 Å². The van der Waals surface area contributed by atoms with Crippen molar-refractivity contribution in [1.82, 2.24) is 15.2 Å². The molecule has 24 heavy (non-hydrogen) atoms. The molecule has 0 aromatic carbocycles. The number of rotatable bonds is 5. The molecule has 1 atom stereocenters. The lowest BCUT2D eigenvalue weighted by molar-refractivity contribution is 0.0702. The minimum atomic E-state index is -3.08. The SMILES string of the molecule is CCN(C(=O)c1cc(C(=O)NC(C)C)ccn1)C1CCS(=O)(=O)C1. The van der Waals surface area contributed by atoms with Crippen LogP contribution in [0.15, 0.2) is 18.3 Å². The van der Waals surface area contributed by atoms with E-state index in [2.05, 4.69) is 10.3 Å². The number of hydrogen-bond acceptors (Lipinski definition) is 5. The van der Waals surface area contributed by atoms with Crippen molar-refractivity contribution in [3.8, 4) is 0 Å². The Hall–Kier alpha value is -1.96. The zero-order chi connectivity index (χ0) is 17.9. The second kappa shape index (κ2) is 7.29. The molecule has 2 heterocycles. The van der Waals surface area contributed by atoms with E-state index in [-0.39, 0.29) is 41.1 Å². The maximum atomic E-state index is 12.7. The van der Waals surface area contributed by atoms with Crippen LogP contribution < -0.4 is 5.32 Å². The standard InChI is InChI=1S/C16H23N3O4S/c1-4-19(13-6-8-24(22,23)10-13)16(21)14-9-12(5-7-17-14)15(20)18-11(2)3/h5,7,9,11,13H,4,6,8,10H2,1-3H3,(H,18,20). The Balaban J connectivity index is 2.20. The van der Waals surface area contributed by atoms with Crippen LogP contribution in [0.4, 0.5) is 0 Å². The van der Waals surface area contributed by atoms with E-state index in [9.17, 15) is 18.0 Å². The van der Waals surface area contributed by atoms with Gasteiger partial charge in [0.05, 0.1) is 11.5 Å². The van der Waals surface area contributed by atoms with Crippen LogP contribution in [0.5, 0.6) is 0 Å². The molecule has 8 heteroatoms. The first kappa shape index (κ1) is 18.4. The third kappa shape index (κ3) is 4.31. The molecule has 132 valence electrons. The van der Waals surface area contributed by atoms with Gasteiger partial charge in [-0.25, -0.2) is 8.42 Å². The lowest BCUT2D eigenvalue weighted by atomic mass is 10.1. The fourth-order valence-corrected chi connectivity index (χ4v) is 4.50. The van der Waals surface area contributed by atoms with Crippen LogP contribution in [0.1, 0.15) is 48.0 Å². The predicted molar refractivity (Wildman–Crippen MR) is 90.6 cm³/mol. The second-order valence-electron chi connectivity index (χ2n) is 6.21. The van der Waals surface area contributed by atoms with Gasteiger partial charge in [0.1, 0.15) is 5.69 Å². The maximum Gasteiger partial charge on any atom is 0.272 e. The van der Waals surface area contributed by atoms with Gasteiger partial charge in [0.25, 0.3) is 11.8 Å². The van der Waals surface area contributed by atoms with Crippen molar-refractivity contribution >= 4 is 21.7 Å². The van der Waals surface area contributed by atoms with Gasteiger partial charge in [0.15, 0.2) is 9.84 Å². The summed E-state index contributed by atoms with van der Waals surface area (Å²) in [7, 11) is -3.08. The summed E-state index contributed by atoms with van der Waals surface area (Å²) in [5.41, 5.74) is 0.509. The van der Waals surface area contributed by atoms with Crippen molar-refractivity contribution in [3.05, 3.63) is 29.6 Å². The Bertz CT molecular complexity index is 731. The predicted octanol–water partition coefficient (Wildman–Crippen LogP) is 0.869. The van der Waals surface area contributed by atoms with Crippen LogP contribution in [0, 0.1) is 0 Å². The molecule has 2 rings (SSSR count). The number of sulfone groups is 1. The van der Waals surface area contributed by atoms with Gasteiger partial charge in [0, 0.05) is 30.4 Å². The molecule has 1 fully saturated rings. The molecule has 2 amide bonds. The van der Waals surface area contributed by atoms with Crippen LogP contribution in [0.2, 0.25) is 0 Å². The number of pyridine rings is 1. The van der Waals surface area contributed by atoms with E-state index in [1.165, 1.54) is 17.2 Å². The molecule has 0 radical (unpaired) electrons. The minimum Gasteiger partial charge on any atom is -0.350 e. The highest BCUT2D eigenvalue weighted by molar-refractivity contribution is 7.91. The molecule has 0 aliphatic carbocycles. The number of carbonyl (C=O) groups excluding carboxylic acids is 2. The Kier molecular flexibility index (Phi) is 5.58. The van der Waals surface area contributed by atoms with E-state index in [1.54, 1.807) is 13.0 Å². The smallest absolute Gasteiger partial charge is 0.272 e. The van der Waals surface area contributed by atoms with Gasteiger partial charge < -0.3 is 10.2 Å². The normalized spacial score (nSPS) is 19.2. The summed E-state index contributed by atoms with van der Waals surface area (Å²) in [5.74, 6) is -0.530. The molecule has 7 nitrogen and oxygen atoms in total. The Morgan fingerprint density at radius 1 is 1.42 bits per heavy atom. The first-order valence-electron chi connectivity index (χ1n) is 8.02. The van der Waals surface area contributed by atoms with Gasteiger partial charge in [0.2, 0.25) is 0 Å². The summed E-state index contributed by atoms with van der Waals surface area (Å²) in [6, 6.07) is 2.65. The van der Waals surface area contributed by atoms with Crippen LogP contribution >= 0.6 is 0 Å². The molecule has 1 unspecified atom stereocenters. The van der Waals surface area contributed by atoms with Crippen molar-refractivity contribution in [3.63, 3.8) is 0 Å². The first-order valence-corrected chi connectivity index (χ1v) is 9.84. The van der Waals surface area contributed by atoms with Crippen LogP contribution in [-0.4, -0.2) is 60.3 Å². The second-order valence-corrected chi connectivity index (χ2v) is 8.43. The summed E-state index contributed by atoms with van der Waals surface area (Å²) in [4.78, 5) is 30.4. The van der Waals surface area contributed by atoms with Gasteiger partial charge >= 0.3 is 0 Å². The summed E-state index contributed by atoms with van der Waals surface area (Å²) in [6.07, 6.45) is 1.86. The van der Waals surface area contributed by atoms with Crippen LogP contribution in [0.3, 0.4) is 0 Å². The molecule has 1 saturated heterocycles. The Morgan fingerprint density at radius 3 is 2.67 bits per heavy atom. The highest BCUT2D eigenvalue weighted by Gasteiger charge is 2.34. The zero-order valence-electron chi connectivity index (χ0n) is 14.2. The third-order valence-corrected chi connectivity index (χ3v) is 5.66. The van der Waals surface area contributed by atoms with Crippen LogP contribution in [0.25, 0.3) is 0 Å². The summed E-state index contributed by atoms with van der Waals surface area (Å²) < 4.78 is 23.3. The Morgan fingerprint density at radius 2 is 2.12 bits per heavy atom. The van der Waals surface area contributed by atoms with E-state index < -0.39 is 9.84 Å². The van der Waals surface area contributed by atoms with Crippen molar-refractivity contribution in [2.45, 2.75) is 39.3 Å². The van der Waals surface area contributed by atoms with E-state index in [1.807, 2.05) is 13.8 Å². The molecular weight excluding hydrogens is 330 g/mol. The molecule has 1 N–H and O–H groups in total. The number of carbonyl (C=O) groups is 2. The third-order valence-electron chi connectivity index (χ3n) is 3.91. The first-order chi connectivity index (χ1) is 11.2. The van der Waals surface area contributed by atoms with Crippen LogP contribution in [-0.2, 0) is 9.84 Å². The molecule has 0 bridgehead atoms. The lowest BCUT2D eigenvalue weighted by Crippen LogP contribution is -2.41. The number of nitrogens with zero attached hydrogens (tertiary/aromatic N) is 2. The fraction of sp³-hybridized carbons (Fsp3) is 0.562. The molecule has 1 aliphatic rings. The van der Waals surface area contributed by atoms with E-state index in [4.69, 9.17) is 0 Å². The molecule has 0 spiro atoms. The average Bonchev–Trinajstić information content (AvgIpc) is 2.87. The van der Waals surface area contributed by atoms with E-state index in [0.717, 1.165) is 0 Å². The molecule has 1 aliphatic heterocycles. The monoisotopic (exact) mass is 353 g/mol. The number of aromatic nitrogens is 1. The molecule has 1 aromatic heterocycles. The number of hydrogen-bond donors (Lipinski definition) is 1. The topological polar surface area (TPSA) is 96.4 Å². The van der Waals surface area contributed by atoms with E-state index in [0.29, 0.717) is 18.5 Å². The number of nitrogens with one attached hydrogen (secondary N) is 1. The highest BCUT2D eigenvalue weighted by Crippen LogP contribution is 2.19. The van der Waals surface area contributed by atoms with Gasteiger partial charge in [-0.1, -0.05) is 0 Å². The minimum absolute atomic E-state index is 0.0133. The van der Waals surface area contributed by atoms with Gasteiger partial charge in [-0.05, 0) is 39.3 Å². The summed E-state index contributed by atoms with van der Waals surface area (Å²) in [6.45, 7) is 5.90. The average molecular weight is 353 g/mol. The molecular formula is C16H23N3O4S.